The number of rotatable bonds is 6. The first-order valence-electron chi connectivity index (χ1n) is 5.24. The summed E-state index contributed by atoms with van der Waals surface area (Å²) in [5.41, 5.74) is 1.27. The molecular formula is C12H22O3. The molecule has 0 aromatic rings. The molecule has 0 saturated carbocycles. The lowest BCUT2D eigenvalue weighted by Gasteiger charge is -2.20. The number of hydrogen-bond donors (Lipinski definition) is 0. The van der Waals surface area contributed by atoms with Gasteiger partial charge >= 0.3 is 5.97 Å². The summed E-state index contributed by atoms with van der Waals surface area (Å²) in [6.45, 7) is 6.11. The summed E-state index contributed by atoms with van der Waals surface area (Å²) in [4.78, 5) is 11.1. The van der Waals surface area contributed by atoms with Gasteiger partial charge in [-0.15, -0.1) is 0 Å². The number of methoxy groups -OCH3 is 2. The van der Waals surface area contributed by atoms with Crippen LogP contribution in [0.1, 0.15) is 33.6 Å². The van der Waals surface area contributed by atoms with Gasteiger partial charge in [0.25, 0.3) is 0 Å². The number of hydrogen-bond acceptors (Lipinski definition) is 3. The SMILES string of the molecule is COC(=O)C[C@H](C)[C@H](CC=C(C)C)OC. The van der Waals surface area contributed by atoms with Crippen LogP contribution in [0.15, 0.2) is 11.6 Å². The fourth-order valence-corrected chi connectivity index (χ4v) is 1.39. The van der Waals surface area contributed by atoms with Gasteiger partial charge in [0.15, 0.2) is 0 Å². The predicted molar refractivity (Wildman–Crippen MR) is 60.6 cm³/mol. The van der Waals surface area contributed by atoms with Crippen molar-refractivity contribution < 1.29 is 14.3 Å². The molecule has 0 aliphatic carbocycles. The van der Waals surface area contributed by atoms with E-state index in [0.29, 0.717) is 6.42 Å². The van der Waals surface area contributed by atoms with Crippen LogP contribution in [-0.2, 0) is 14.3 Å². The number of carbonyl (C=O) groups excluding carboxylic acids is 1. The lowest BCUT2D eigenvalue weighted by Crippen LogP contribution is -2.23. The van der Waals surface area contributed by atoms with Gasteiger partial charge in [-0.1, -0.05) is 18.6 Å². The molecular weight excluding hydrogens is 192 g/mol. The highest BCUT2D eigenvalue weighted by molar-refractivity contribution is 5.69. The molecule has 0 amide bonds. The first kappa shape index (κ1) is 14.2. The third-order valence-electron chi connectivity index (χ3n) is 2.41. The highest BCUT2D eigenvalue weighted by atomic mass is 16.5. The molecule has 88 valence electrons. The maximum Gasteiger partial charge on any atom is 0.305 e. The molecule has 3 heteroatoms. The quantitative estimate of drug-likeness (QED) is 0.503. The van der Waals surface area contributed by atoms with E-state index in [-0.39, 0.29) is 18.0 Å². The van der Waals surface area contributed by atoms with Crippen LogP contribution in [0.3, 0.4) is 0 Å². The molecule has 0 aromatic heterocycles. The van der Waals surface area contributed by atoms with Crippen LogP contribution >= 0.6 is 0 Å². The van der Waals surface area contributed by atoms with E-state index < -0.39 is 0 Å². The van der Waals surface area contributed by atoms with Gasteiger partial charge in [0.05, 0.1) is 19.6 Å². The average Bonchev–Trinajstić information content (AvgIpc) is 2.18. The molecule has 3 nitrogen and oxygen atoms in total. The van der Waals surface area contributed by atoms with E-state index in [2.05, 4.69) is 24.7 Å². The van der Waals surface area contributed by atoms with E-state index in [9.17, 15) is 4.79 Å². The van der Waals surface area contributed by atoms with Gasteiger partial charge in [0, 0.05) is 7.11 Å². The fourth-order valence-electron chi connectivity index (χ4n) is 1.39. The third-order valence-corrected chi connectivity index (χ3v) is 2.41. The Hall–Kier alpha value is -0.830. The lowest BCUT2D eigenvalue weighted by molar-refractivity contribution is -0.142. The molecule has 2 atom stereocenters. The van der Waals surface area contributed by atoms with Crippen LogP contribution < -0.4 is 0 Å². The normalized spacial score (nSPS) is 14.2. The van der Waals surface area contributed by atoms with E-state index in [1.165, 1.54) is 12.7 Å². The van der Waals surface area contributed by atoms with Crippen LogP contribution in [0, 0.1) is 5.92 Å². The monoisotopic (exact) mass is 214 g/mol. The van der Waals surface area contributed by atoms with Gasteiger partial charge < -0.3 is 9.47 Å². The zero-order chi connectivity index (χ0) is 11.8. The molecule has 0 bridgehead atoms. The van der Waals surface area contributed by atoms with E-state index in [4.69, 9.17) is 4.74 Å². The molecule has 0 heterocycles. The van der Waals surface area contributed by atoms with Crippen LogP contribution in [0.5, 0.6) is 0 Å². The van der Waals surface area contributed by atoms with Gasteiger partial charge in [-0.05, 0) is 26.2 Å². The third kappa shape index (κ3) is 6.28. The molecule has 0 unspecified atom stereocenters. The Morgan fingerprint density at radius 1 is 1.33 bits per heavy atom. The standard InChI is InChI=1S/C12H22O3/c1-9(2)6-7-11(14-4)10(3)8-12(13)15-5/h6,10-11H,7-8H2,1-5H3/t10-,11-/m0/s1. The summed E-state index contributed by atoms with van der Waals surface area (Å²) in [5, 5.41) is 0. The summed E-state index contributed by atoms with van der Waals surface area (Å²) in [6, 6.07) is 0. The molecule has 0 spiro atoms. The average molecular weight is 214 g/mol. The van der Waals surface area contributed by atoms with Crippen molar-refractivity contribution in [2.75, 3.05) is 14.2 Å². The zero-order valence-corrected chi connectivity index (χ0v) is 10.4. The van der Waals surface area contributed by atoms with Crippen molar-refractivity contribution in [1.82, 2.24) is 0 Å². The Kier molecular flexibility index (Phi) is 7.05. The van der Waals surface area contributed by atoms with Crippen molar-refractivity contribution in [2.24, 2.45) is 5.92 Å². The van der Waals surface area contributed by atoms with Gasteiger partial charge in [0.2, 0.25) is 0 Å². The summed E-state index contributed by atoms with van der Waals surface area (Å²) < 4.78 is 9.99. The minimum absolute atomic E-state index is 0.0824. The maximum absolute atomic E-state index is 11.1. The molecule has 0 saturated heterocycles. The smallest absolute Gasteiger partial charge is 0.305 e. The van der Waals surface area contributed by atoms with Gasteiger partial charge in [0.1, 0.15) is 0 Å². The van der Waals surface area contributed by atoms with Crippen LogP contribution in [-0.4, -0.2) is 26.3 Å². The summed E-state index contributed by atoms with van der Waals surface area (Å²) in [5.74, 6) is -0.000185. The first-order valence-corrected chi connectivity index (χ1v) is 5.24. The largest absolute Gasteiger partial charge is 0.469 e. The molecule has 0 aliphatic rings. The Morgan fingerprint density at radius 3 is 2.33 bits per heavy atom. The van der Waals surface area contributed by atoms with E-state index in [0.717, 1.165) is 6.42 Å². The Labute approximate surface area is 92.5 Å². The van der Waals surface area contributed by atoms with E-state index >= 15 is 0 Å². The highest BCUT2D eigenvalue weighted by Gasteiger charge is 2.18. The van der Waals surface area contributed by atoms with Gasteiger partial charge in [-0.3, -0.25) is 4.79 Å². The second-order valence-electron chi connectivity index (χ2n) is 4.05. The van der Waals surface area contributed by atoms with Gasteiger partial charge in [-0.25, -0.2) is 0 Å². The van der Waals surface area contributed by atoms with Crippen molar-refractivity contribution in [3.63, 3.8) is 0 Å². The second kappa shape index (κ2) is 7.46. The lowest BCUT2D eigenvalue weighted by atomic mass is 9.97. The Bertz CT molecular complexity index is 217. The molecule has 15 heavy (non-hydrogen) atoms. The summed E-state index contributed by atoms with van der Waals surface area (Å²) >= 11 is 0. The molecule has 0 rings (SSSR count). The number of ether oxygens (including phenoxy) is 2. The summed E-state index contributed by atoms with van der Waals surface area (Å²) in [7, 11) is 3.09. The Balaban J connectivity index is 4.15. The zero-order valence-electron chi connectivity index (χ0n) is 10.4. The van der Waals surface area contributed by atoms with Crippen molar-refractivity contribution >= 4 is 5.97 Å². The van der Waals surface area contributed by atoms with Crippen molar-refractivity contribution in [2.45, 2.75) is 39.7 Å². The molecule has 0 N–H and O–H groups in total. The van der Waals surface area contributed by atoms with Crippen molar-refractivity contribution in [1.29, 1.82) is 0 Å². The van der Waals surface area contributed by atoms with Gasteiger partial charge in [-0.2, -0.15) is 0 Å². The maximum atomic E-state index is 11.1. The molecule has 0 fully saturated rings. The van der Waals surface area contributed by atoms with Crippen LogP contribution in [0.25, 0.3) is 0 Å². The predicted octanol–water partition coefficient (Wildman–Crippen LogP) is 2.56. The van der Waals surface area contributed by atoms with Crippen molar-refractivity contribution in [3.05, 3.63) is 11.6 Å². The minimum Gasteiger partial charge on any atom is -0.469 e. The fraction of sp³-hybridized carbons (Fsp3) is 0.750. The molecule has 0 aromatic carbocycles. The van der Waals surface area contributed by atoms with Crippen LogP contribution in [0.2, 0.25) is 0 Å². The Morgan fingerprint density at radius 2 is 1.93 bits per heavy atom. The molecule has 0 radical (unpaired) electrons. The van der Waals surface area contributed by atoms with Crippen LogP contribution in [0.4, 0.5) is 0 Å². The van der Waals surface area contributed by atoms with E-state index in [1.54, 1.807) is 7.11 Å². The first-order chi connectivity index (χ1) is 7.01. The topological polar surface area (TPSA) is 35.5 Å². The second-order valence-corrected chi connectivity index (χ2v) is 4.05. The highest BCUT2D eigenvalue weighted by Crippen LogP contribution is 2.16. The molecule has 0 aliphatic heterocycles. The summed E-state index contributed by atoms with van der Waals surface area (Å²) in [6.07, 6.45) is 3.46. The number of esters is 1. The van der Waals surface area contributed by atoms with Crippen molar-refractivity contribution in [3.8, 4) is 0 Å². The number of carbonyl (C=O) groups is 1. The van der Waals surface area contributed by atoms with E-state index in [1.807, 2.05) is 6.92 Å². The minimum atomic E-state index is -0.179. The number of allylic oxidation sites excluding steroid dienone is 1.